The van der Waals surface area contributed by atoms with Crippen LogP contribution in [0, 0.1) is 28.1 Å². The minimum Gasteiger partial charge on any atom is -0.373 e. The summed E-state index contributed by atoms with van der Waals surface area (Å²) in [7, 11) is 0. The number of halogens is 15. The quantitative estimate of drug-likeness (QED) is 0.0672. The van der Waals surface area contributed by atoms with Crippen molar-refractivity contribution in [2.45, 2.75) is 138 Å². The van der Waals surface area contributed by atoms with E-state index in [0.717, 1.165) is 11.1 Å². The topological polar surface area (TPSA) is 126 Å². The van der Waals surface area contributed by atoms with Crippen molar-refractivity contribution in [1.82, 2.24) is 0 Å². The first-order valence-corrected chi connectivity index (χ1v) is 25.6. The fourth-order valence-electron chi connectivity index (χ4n) is 9.27. The molecule has 2 atom stereocenters. The maximum atomic E-state index is 13.3. The summed E-state index contributed by atoms with van der Waals surface area (Å²) >= 11 is 15.6. The minimum atomic E-state index is -4.95. The number of carbonyl (C=O) groups excluding carboxylic acids is 2. The normalized spacial score (nSPS) is 22.6. The van der Waals surface area contributed by atoms with Gasteiger partial charge in [-0.2, -0.15) is 63.2 Å². The summed E-state index contributed by atoms with van der Waals surface area (Å²) in [6, 6.07) is 26.0. The Morgan fingerprint density at radius 3 is 1.17 bits per heavy atom. The lowest BCUT2D eigenvalue weighted by molar-refractivity contribution is -0.145. The summed E-state index contributed by atoms with van der Waals surface area (Å²) in [4.78, 5) is 22.0. The van der Waals surface area contributed by atoms with Crippen LogP contribution in [0.2, 0.25) is 0 Å². The lowest BCUT2D eigenvalue weighted by Gasteiger charge is -2.44. The van der Waals surface area contributed by atoms with Gasteiger partial charge in [0.2, 0.25) is 5.24 Å². The van der Waals surface area contributed by atoms with Gasteiger partial charge in [-0.25, -0.2) is 0 Å². The van der Waals surface area contributed by atoms with Gasteiger partial charge in [0, 0.05) is 41.9 Å². The molecule has 0 amide bonds. The molecule has 7 nitrogen and oxygen atoms in total. The van der Waals surface area contributed by atoms with E-state index < -0.39 is 81.0 Å². The molecule has 0 bridgehead atoms. The summed E-state index contributed by atoms with van der Waals surface area (Å²) in [5, 5.41) is 18.9. The van der Waals surface area contributed by atoms with E-state index in [1.165, 1.54) is 13.8 Å². The average Bonchev–Trinajstić information content (AvgIpc) is 3.38. The lowest BCUT2D eigenvalue weighted by atomic mass is 9.60. The fourth-order valence-corrected chi connectivity index (χ4v) is 9.85. The molecule has 6 rings (SSSR count). The van der Waals surface area contributed by atoms with Gasteiger partial charge < -0.3 is 15.2 Å². The number of ketones is 1. The molecule has 4 aromatic carbocycles. The zero-order valence-electron chi connectivity index (χ0n) is 41.8. The Hall–Kier alpha value is -4.89. The van der Waals surface area contributed by atoms with Crippen LogP contribution in [0.4, 0.5) is 52.7 Å². The van der Waals surface area contributed by atoms with Crippen molar-refractivity contribution in [3.8, 4) is 12.1 Å². The number of benzene rings is 4. The van der Waals surface area contributed by atoms with Crippen molar-refractivity contribution in [3.05, 3.63) is 142 Å². The summed E-state index contributed by atoms with van der Waals surface area (Å²) < 4.78 is 171. The Morgan fingerprint density at radius 1 is 0.558 bits per heavy atom. The van der Waals surface area contributed by atoms with Crippen LogP contribution in [0.15, 0.2) is 97.1 Å². The van der Waals surface area contributed by atoms with E-state index in [9.17, 15) is 72.8 Å². The number of hydrogen-bond donors (Lipinski definition) is 1. The summed E-state index contributed by atoms with van der Waals surface area (Å²) in [6.07, 6.45) is -17.8. The molecule has 2 saturated carbocycles. The van der Waals surface area contributed by atoms with E-state index in [1.807, 2.05) is 60.7 Å². The van der Waals surface area contributed by atoms with E-state index in [2.05, 4.69) is 12.1 Å². The molecular weight excluding hydrogens is 1100 g/mol. The number of alkyl halides is 14. The maximum absolute atomic E-state index is 13.3. The number of nitriles is 2. The van der Waals surface area contributed by atoms with Crippen molar-refractivity contribution >= 4 is 45.8 Å². The first-order chi connectivity index (χ1) is 35.8. The predicted octanol–water partition coefficient (Wildman–Crippen LogP) is 16.3. The first-order valence-electron chi connectivity index (χ1n) is 24.2. The SMILES string of the molecule is C[C@@H](OCC1(c2ccccc2)CCC(C#N)(CC(=O)CCCl)CC1)c1cc(C(F)(F)F)cc(C(F)(F)F)c1.C[C@@H](OCC1(c2ccccc2)CCC(N)(C#N)CC1)c1cc(C(F)(F)F)cc(C(F)(F)F)c1.O=C(Cl)CCCl. The van der Waals surface area contributed by atoms with Crippen LogP contribution in [0.25, 0.3) is 0 Å². The molecule has 2 aliphatic rings. The highest BCUT2D eigenvalue weighted by atomic mass is 35.5. The summed E-state index contributed by atoms with van der Waals surface area (Å²) in [5.41, 5.74) is -1.05. The van der Waals surface area contributed by atoms with Crippen LogP contribution in [0.5, 0.6) is 0 Å². The van der Waals surface area contributed by atoms with Crippen LogP contribution < -0.4 is 5.73 Å². The van der Waals surface area contributed by atoms with Gasteiger partial charge in [0.15, 0.2) is 0 Å². The molecule has 2 fully saturated rings. The number of ether oxygens (including phenoxy) is 2. The van der Waals surface area contributed by atoms with Crippen LogP contribution in [-0.4, -0.2) is 41.5 Å². The molecule has 0 heterocycles. The molecule has 4 aromatic rings. The maximum Gasteiger partial charge on any atom is 0.416 e. The molecule has 2 N–H and O–H groups in total. The average molecular weight is 1160 g/mol. The van der Waals surface area contributed by atoms with Crippen molar-refractivity contribution < 1.29 is 71.7 Å². The number of nitrogens with two attached hydrogens (primary N) is 1. The third-order valence-electron chi connectivity index (χ3n) is 14.1. The molecule has 0 saturated heterocycles. The minimum absolute atomic E-state index is 0.0207. The second-order valence-corrected chi connectivity index (χ2v) is 20.7. The van der Waals surface area contributed by atoms with Crippen LogP contribution in [0.1, 0.15) is 141 Å². The van der Waals surface area contributed by atoms with E-state index in [0.29, 0.717) is 81.5 Å². The Balaban J connectivity index is 0.000000303. The standard InChI is InChI=1S/C28H28ClF6NO2.C24H24F6N2O.C3H4Cl2O/c1-19(20-13-22(27(30,31)32)15-23(14-20)28(33,34)35)38-18-26(21-5-3-2-4-6-21)10-8-25(17-36,9-11-26)16-24(37)7-12-29;1-16(17-11-19(23(25,26)27)13-20(12-17)24(28,29)30)33-15-21(18-5-3-2-4-6-18)7-9-22(32,14-31)10-8-21;4-2-1-3(5)6/h2-6,13-15,19H,7-12,16,18H2,1H3;2-6,11-13,16H,7-10,15,32H2,1H3;1-2H2/t19-,25?,26?;16-,21?,22?;/m11./s1. The molecule has 2 aliphatic carbocycles. The largest absolute Gasteiger partial charge is 0.416 e. The third kappa shape index (κ3) is 18.3. The van der Waals surface area contributed by atoms with Crippen LogP contribution in [0.3, 0.4) is 0 Å². The summed E-state index contributed by atoms with van der Waals surface area (Å²) in [6.45, 7) is 2.94. The molecule has 22 heteroatoms. The third-order valence-corrected chi connectivity index (χ3v) is 14.6. The van der Waals surface area contributed by atoms with Gasteiger partial charge in [-0.1, -0.05) is 60.7 Å². The second-order valence-electron chi connectivity index (χ2n) is 19.5. The number of hydrogen-bond acceptors (Lipinski definition) is 7. The van der Waals surface area contributed by atoms with Gasteiger partial charge >= 0.3 is 24.7 Å². The van der Waals surface area contributed by atoms with Crippen molar-refractivity contribution in [1.29, 1.82) is 10.5 Å². The van der Waals surface area contributed by atoms with Crippen LogP contribution >= 0.6 is 34.8 Å². The molecule has 0 aliphatic heterocycles. The van der Waals surface area contributed by atoms with Gasteiger partial charge in [-0.05, 0) is 135 Å². The predicted molar refractivity (Wildman–Crippen MR) is 267 cm³/mol. The Labute approximate surface area is 453 Å². The fraction of sp³-hybridized carbons (Fsp3) is 0.491. The molecule has 0 radical (unpaired) electrons. The van der Waals surface area contributed by atoms with Gasteiger partial charge in [0.1, 0.15) is 11.3 Å². The van der Waals surface area contributed by atoms with E-state index in [1.54, 1.807) is 0 Å². The Morgan fingerprint density at radius 2 is 0.896 bits per heavy atom. The van der Waals surface area contributed by atoms with Crippen LogP contribution in [-0.2, 0) is 54.6 Å². The molecule has 420 valence electrons. The number of carbonyl (C=O) groups is 2. The van der Waals surface area contributed by atoms with Gasteiger partial charge in [0.25, 0.3) is 0 Å². The van der Waals surface area contributed by atoms with Gasteiger partial charge in [-0.3, -0.25) is 9.59 Å². The zero-order chi connectivity index (χ0) is 57.7. The highest BCUT2D eigenvalue weighted by Crippen LogP contribution is 2.50. The Bertz CT molecular complexity index is 2590. The summed E-state index contributed by atoms with van der Waals surface area (Å²) in [5.74, 6) is 0.400. The smallest absolute Gasteiger partial charge is 0.373 e. The lowest BCUT2D eigenvalue weighted by Crippen LogP contribution is -2.48. The highest BCUT2D eigenvalue weighted by Gasteiger charge is 2.47. The molecular formula is C55H56Cl3F12N3O4. The first kappa shape index (κ1) is 64.6. The van der Waals surface area contributed by atoms with E-state index in [4.69, 9.17) is 50.0 Å². The number of nitrogens with zero attached hydrogens (tertiary/aromatic N) is 2. The molecule has 0 aromatic heterocycles. The molecule has 77 heavy (non-hydrogen) atoms. The van der Waals surface area contributed by atoms with Crippen molar-refractivity contribution in [3.63, 3.8) is 0 Å². The van der Waals surface area contributed by atoms with E-state index >= 15 is 0 Å². The van der Waals surface area contributed by atoms with Crippen molar-refractivity contribution in [2.75, 3.05) is 25.0 Å². The van der Waals surface area contributed by atoms with Crippen molar-refractivity contribution in [2.24, 2.45) is 11.1 Å². The monoisotopic (exact) mass is 1160 g/mol. The molecule has 0 spiro atoms. The van der Waals surface area contributed by atoms with E-state index in [-0.39, 0.29) is 72.6 Å². The second kappa shape index (κ2) is 26.8. The number of Topliss-reactive ketones (excluding diaryl/α,β-unsaturated/α-hetero) is 1. The number of rotatable bonds is 16. The zero-order valence-corrected chi connectivity index (χ0v) is 44.0. The van der Waals surface area contributed by atoms with Gasteiger partial charge in [-0.15, -0.1) is 23.2 Å². The van der Waals surface area contributed by atoms with Gasteiger partial charge in [0.05, 0.1) is 65.2 Å². The molecule has 0 unspecified atom stereocenters. The Kier molecular flexibility index (Phi) is 22.5. The highest BCUT2D eigenvalue weighted by molar-refractivity contribution is 6.63.